The highest BCUT2D eigenvalue weighted by molar-refractivity contribution is 5.67. The maximum Gasteiger partial charge on any atom is 0.303 e. The number of carboxylic acid groups (broad SMARTS) is 3. The maximum atomic E-state index is 9.87. The molecule has 0 aliphatic carbocycles. The summed E-state index contributed by atoms with van der Waals surface area (Å²) in [6.07, 6.45) is 4.11. The molecule has 0 saturated heterocycles. The molecule has 0 spiro atoms. The van der Waals surface area contributed by atoms with E-state index in [1.54, 1.807) is 0 Å². The molecule has 21 N–H and O–H groups in total. The summed E-state index contributed by atoms with van der Waals surface area (Å²) in [5.74, 6) is -2.05. The molecule has 24 nitrogen and oxygen atoms in total. The first-order valence-electron chi connectivity index (χ1n) is 19.2. The monoisotopic (exact) mass is 901 g/mol. The normalized spacial score (nSPS) is 9.65. The summed E-state index contributed by atoms with van der Waals surface area (Å²) < 4.78 is 0. The lowest BCUT2D eigenvalue weighted by atomic mass is 10.2. The summed E-state index contributed by atoms with van der Waals surface area (Å²) >= 11 is 0. The van der Waals surface area contributed by atoms with Gasteiger partial charge in [0.1, 0.15) is 36.6 Å². The molecule has 0 amide bonds. The third-order valence-electron chi connectivity index (χ3n) is 5.51. The van der Waals surface area contributed by atoms with E-state index in [0.29, 0.717) is 19.3 Å². The van der Waals surface area contributed by atoms with Crippen molar-refractivity contribution in [3.63, 3.8) is 0 Å². The van der Waals surface area contributed by atoms with Crippen LogP contribution in [0.15, 0.2) is 0 Å². The van der Waals surface area contributed by atoms with Crippen molar-refractivity contribution in [3.8, 4) is 0 Å². The van der Waals surface area contributed by atoms with Gasteiger partial charge in [-0.3, -0.25) is 14.4 Å². The Labute approximate surface area is 353 Å². The molecule has 0 unspecified atom stereocenters. The molecule has 60 heavy (non-hydrogen) atoms. The number of carboxylic acids is 3. The lowest BCUT2D eigenvalue weighted by molar-refractivity contribution is -0.138. The van der Waals surface area contributed by atoms with Gasteiger partial charge in [0.05, 0.1) is 79.3 Å². The summed E-state index contributed by atoms with van der Waals surface area (Å²) in [4.78, 5) is 29.6. The Morgan fingerprint density at radius 3 is 0.450 bits per heavy atom. The summed E-state index contributed by atoms with van der Waals surface area (Å²) in [5.41, 5.74) is 0. The van der Waals surface area contributed by atoms with E-state index in [-0.39, 0.29) is 79.3 Å². The Hall–Kier alpha value is -2.31. The van der Waals surface area contributed by atoms with Crippen LogP contribution in [0.4, 0.5) is 0 Å². The minimum Gasteiger partial charge on any atom is -0.481 e. The predicted octanol–water partition coefficient (Wildman–Crippen LogP) is -5.05. The van der Waals surface area contributed by atoms with E-state index >= 15 is 0 Å². The fourth-order valence-corrected chi connectivity index (χ4v) is 1.93. The molecule has 0 aliphatic heterocycles. The Bertz CT molecular complexity index is 606. The molecule has 0 atom stereocenters. The van der Waals surface area contributed by atoms with Crippen LogP contribution in [0.5, 0.6) is 0 Å². The Morgan fingerprint density at radius 2 is 0.400 bits per heavy atom. The van der Waals surface area contributed by atoms with E-state index in [4.69, 9.17) is 107 Å². The van der Waals surface area contributed by atoms with Crippen LogP contribution in [0.25, 0.3) is 0 Å². The second-order valence-electron chi connectivity index (χ2n) is 11.7. The molecular formula is C36H84O24. The summed E-state index contributed by atoms with van der Waals surface area (Å²) in [6, 6.07) is 0. The van der Waals surface area contributed by atoms with Gasteiger partial charge in [-0.05, 0) is 19.3 Å². The number of hydrogen-bond donors (Lipinski definition) is 21. The van der Waals surface area contributed by atoms with Crippen LogP contribution in [0.3, 0.4) is 0 Å². The topological polar surface area (TPSA) is 476 Å². The molecule has 0 fully saturated rings. The highest BCUT2D eigenvalue weighted by atomic mass is 16.4. The van der Waals surface area contributed by atoms with Crippen molar-refractivity contribution in [1.82, 2.24) is 0 Å². The number of rotatable bonds is 24. The zero-order valence-corrected chi connectivity index (χ0v) is 35.6. The van der Waals surface area contributed by atoms with Crippen LogP contribution in [0, 0.1) is 0 Å². The van der Waals surface area contributed by atoms with Gasteiger partial charge in [0, 0.05) is 19.3 Å². The third kappa shape index (κ3) is 124. The van der Waals surface area contributed by atoms with Crippen LogP contribution in [-0.4, -0.2) is 241 Å². The van der Waals surface area contributed by atoms with Crippen LogP contribution in [0.2, 0.25) is 0 Å². The van der Waals surface area contributed by atoms with Crippen molar-refractivity contribution in [2.75, 3.05) is 79.3 Å². The smallest absolute Gasteiger partial charge is 0.303 e. The zero-order valence-electron chi connectivity index (χ0n) is 35.6. The Morgan fingerprint density at radius 1 is 0.283 bits per heavy atom. The first-order chi connectivity index (χ1) is 28.2. The largest absolute Gasteiger partial charge is 0.481 e. The molecule has 372 valence electrons. The van der Waals surface area contributed by atoms with Crippen LogP contribution >= 0.6 is 0 Å². The van der Waals surface area contributed by atoms with Crippen molar-refractivity contribution in [2.45, 2.75) is 134 Å². The van der Waals surface area contributed by atoms with Crippen molar-refractivity contribution < 1.29 is 122 Å². The van der Waals surface area contributed by atoms with E-state index in [0.717, 1.165) is 57.8 Å². The second kappa shape index (κ2) is 74.2. The van der Waals surface area contributed by atoms with E-state index < -0.39 is 54.5 Å². The number of unbranched alkanes of at least 4 members (excludes halogenated alkanes) is 6. The molecule has 0 aliphatic rings. The maximum absolute atomic E-state index is 9.87. The van der Waals surface area contributed by atoms with Crippen molar-refractivity contribution in [3.05, 3.63) is 0 Å². The number of aliphatic hydroxyl groups excluding tert-OH is 18. The van der Waals surface area contributed by atoms with Crippen LogP contribution in [-0.2, 0) is 14.4 Å². The van der Waals surface area contributed by atoms with Gasteiger partial charge in [0.2, 0.25) is 0 Å². The molecule has 0 aromatic carbocycles. The van der Waals surface area contributed by atoms with Gasteiger partial charge in [0.15, 0.2) is 0 Å². The van der Waals surface area contributed by atoms with Gasteiger partial charge in [-0.2, -0.15) is 0 Å². The van der Waals surface area contributed by atoms with Gasteiger partial charge in [-0.15, -0.1) is 0 Å². The zero-order chi connectivity index (χ0) is 49.2. The standard InChI is InChI=1S/3C6H12O2.6C3H8O3/c3*1-2-3-4-5-6(7)8;6*4-1-3(6)2-5/h3*2-5H2,1H3,(H,7,8);6*3-6H,1-2H2. The minimum atomic E-state index is -0.954. The number of carbonyl (C=O) groups is 3. The second-order valence-corrected chi connectivity index (χ2v) is 11.7. The fraction of sp³-hybridized carbons (Fsp3) is 0.917. The quantitative estimate of drug-likeness (QED) is 0.0403. The number of aliphatic hydroxyl groups is 18. The molecule has 0 aromatic heterocycles. The molecule has 0 saturated carbocycles. The lowest BCUT2D eigenvalue weighted by Crippen LogP contribution is -2.15. The van der Waals surface area contributed by atoms with Gasteiger partial charge in [-0.25, -0.2) is 0 Å². The van der Waals surface area contributed by atoms with Crippen LogP contribution in [0.1, 0.15) is 97.8 Å². The van der Waals surface area contributed by atoms with Crippen molar-refractivity contribution in [2.24, 2.45) is 0 Å². The van der Waals surface area contributed by atoms with Gasteiger partial charge < -0.3 is 107 Å². The van der Waals surface area contributed by atoms with E-state index in [1.165, 1.54) is 0 Å². The lowest BCUT2D eigenvalue weighted by Gasteiger charge is -1.96. The van der Waals surface area contributed by atoms with E-state index in [1.807, 2.05) is 0 Å². The summed E-state index contributed by atoms with van der Waals surface area (Å²) in [7, 11) is 0. The minimum absolute atomic E-state index is 0.327. The molecular weight excluding hydrogens is 816 g/mol. The van der Waals surface area contributed by atoms with E-state index in [2.05, 4.69) is 20.8 Å². The molecule has 0 bridgehead atoms. The first kappa shape index (κ1) is 78.2. The van der Waals surface area contributed by atoms with Gasteiger partial charge in [-0.1, -0.05) is 59.3 Å². The summed E-state index contributed by atoms with van der Waals surface area (Å²) in [6.45, 7) is 1.80. The van der Waals surface area contributed by atoms with Crippen LogP contribution < -0.4 is 0 Å². The van der Waals surface area contributed by atoms with E-state index in [9.17, 15) is 14.4 Å². The SMILES string of the molecule is CCCCCC(=O)O.CCCCCC(=O)O.CCCCCC(=O)O.OCC(O)CO.OCC(O)CO.OCC(O)CO.OCC(O)CO.OCC(O)CO.OCC(O)CO. The van der Waals surface area contributed by atoms with Crippen molar-refractivity contribution >= 4 is 17.9 Å². The number of hydrogen-bond acceptors (Lipinski definition) is 21. The Balaban J connectivity index is -0.0000000699. The molecule has 0 heterocycles. The number of aliphatic carboxylic acids is 3. The molecule has 0 radical (unpaired) electrons. The third-order valence-corrected chi connectivity index (χ3v) is 5.51. The average Bonchev–Trinajstić information content (AvgIpc) is 3.26. The highest BCUT2D eigenvalue weighted by Gasteiger charge is 1.97. The average molecular weight is 901 g/mol. The fourth-order valence-electron chi connectivity index (χ4n) is 1.93. The van der Waals surface area contributed by atoms with Gasteiger partial charge >= 0.3 is 17.9 Å². The van der Waals surface area contributed by atoms with Crippen molar-refractivity contribution in [1.29, 1.82) is 0 Å². The first-order valence-corrected chi connectivity index (χ1v) is 19.2. The molecule has 24 heteroatoms. The Kier molecular flexibility index (Phi) is 96.7. The van der Waals surface area contributed by atoms with Gasteiger partial charge in [0.25, 0.3) is 0 Å². The molecule has 0 rings (SSSR count). The molecule has 0 aromatic rings. The predicted molar refractivity (Wildman–Crippen MR) is 216 cm³/mol. The highest BCUT2D eigenvalue weighted by Crippen LogP contribution is 1.98. The summed E-state index contributed by atoms with van der Waals surface area (Å²) in [5, 5.41) is 169.